The van der Waals surface area contributed by atoms with E-state index in [0.29, 0.717) is 6.42 Å². The molecule has 2 amide bonds. The van der Waals surface area contributed by atoms with Crippen molar-refractivity contribution in [2.24, 2.45) is 0 Å². The monoisotopic (exact) mass is 452 g/mol. The van der Waals surface area contributed by atoms with E-state index in [1.807, 2.05) is 48.5 Å². The fourth-order valence-corrected chi connectivity index (χ4v) is 3.88. The predicted molar refractivity (Wildman–Crippen MR) is 136 cm³/mol. The summed E-state index contributed by atoms with van der Waals surface area (Å²) in [6.07, 6.45) is 4.15. The summed E-state index contributed by atoms with van der Waals surface area (Å²) in [5, 5.41) is 6.02. The maximum absolute atomic E-state index is 12.8. The highest BCUT2D eigenvalue weighted by atomic mass is 16.5. The number of rotatable bonds is 12. The molecule has 0 spiro atoms. The van der Waals surface area contributed by atoms with Gasteiger partial charge in [0.05, 0.1) is 11.7 Å². The van der Waals surface area contributed by atoms with Gasteiger partial charge in [0, 0.05) is 6.42 Å². The molecule has 0 bridgehead atoms. The zero-order chi connectivity index (χ0) is 24.2. The van der Waals surface area contributed by atoms with Crippen molar-refractivity contribution < 1.29 is 14.3 Å². The SMILES string of the molecule is CCCCCCC(=O)N[C@H](COC(=O)Nc1c(C(C)C)cccc1C(C)C)c1ccccc1. The second-order valence-corrected chi connectivity index (χ2v) is 9.19. The number of carbonyl (C=O) groups is 2. The van der Waals surface area contributed by atoms with E-state index in [4.69, 9.17) is 4.74 Å². The summed E-state index contributed by atoms with van der Waals surface area (Å²) < 4.78 is 5.61. The summed E-state index contributed by atoms with van der Waals surface area (Å²) in [5.41, 5.74) is 3.90. The van der Waals surface area contributed by atoms with Gasteiger partial charge in [-0.3, -0.25) is 10.1 Å². The van der Waals surface area contributed by atoms with Crippen LogP contribution >= 0.6 is 0 Å². The van der Waals surface area contributed by atoms with Gasteiger partial charge in [-0.2, -0.15) is 0 Å². The standard InChI is InChI=1S/C28H40N2O3/c1-6-7-8-12-18-26(31)29-25(22-14-10-9-11-15-22)19-33-28(32)30-27-23(20(2)3)16-13-17-24(27)21(4)5/h9-11,13-17,20-21,25H,6-8,12,18-19H2,1-5H3,(H,29,31)(H,30,32)/t25-/m1/s1. The number of hydrogen-bond acceptors (Lipinski definition) is 3. The highest BCUT2D eigenvalue weighted by molar-refractivity contribution is 5.87. The number of anilines is 1. The summed E-state index contributed by atoms with van der Waals surface area (Å²) in [6.45, 7) is 10.7. The molecule has 2 aromatic carbocycles. The second kappa shape index (κ2) is 13.7. The molecule has 5 nitrogen and oxygen atoms in total. The van der Waals surface area contributed by atoms with Crippen molar-refractivity contribution in [1.82, 2.24) is 5.32 Å². The van der Waals surface area contributed by atoms with Crippen LogP contribution in [0.4, 0.5) is 10.5 Å². The molecule has 0 aliphatic carbocycles. The quantitative estimate of drug-likeness (QED) is 0.332. The molecule has 0 heterocycles. The Labute approximate surface area is 199 Å². The fourth-order valence-electron chi connectivity index (χ4n) is 3.88. The molecule has 0 aliphatic heterocycles. The van der Waals surface area contributed by atoms with Crippen LogP contribution in [0.5, 0.6) is 0 Å². The zero-order valence-electron chi connectivity index (χ0n) is 20.8. The molecule has 2 N–H and O–H groups in total. The largest absolute Gasteiger partial charge is 0.447 e. The average Bonchev–Trinajstić information content (AvgIpc) is 2.79. The van der Waals surface area contributed by atoms with Crippen molar-refractivity contribution in [3.63, 3.8) is 0 Å². The Balaban J connectivity index is 2.07. The Morgan fingerprint density at radius 2 is 1.48 bits per heavy atom. The predicted octanol–water partition coefficient (Wildman–Crippen LogP) is 7.31. The van der Waals surface area contributed by atoms with Crippen molar-refractivity contribution in [3.8, 4) is 0 Å². The topological polar surface area (TPSA) is 67.4 Å². The van der Waals surface area contributed by atoms with Crippen LogP contribution in [0, 0.1) is 0 Å². The van der Waals surface area contributed by atoms with E-state index in [-0.39, 0.29) is 30.4 Å². The van der Waals surface area contributed by atoms with E-state index in [0.717, 1.165) is 48.1 Å². The molecular formula is C28H40N2O3. The first-order valence-electron chi connectivity index (χ1n) is 12.2. The summed E-state index contributed by atoms with van der Waals surface area (Å²) in [5.74, 6) is 0.516. The van der Waals surface area contributed by atoms with Gasteiger partial charge >= 0.3 is 6.09 Å². The van der Waals surface area contributed by atoms with Crippen LogP contribution in [0.3, 0.4) is 0 Å². The van der Waals surface area contributed by atoms with Gasteiger partial charge in [0.25, 0.3) is 0 Å². The van der Waals surface area contributed by atoms with E-state index in [1.54, 1.807) is 0 Å². The van der Waals surface area contributed by atoms with Gasteiger partial charge in [-0.05, 0) is 34.9 Å². The Bertz CT molecular complexity index is 852. The zero-order valence-corrected chi connectivity index (χ0v) is 20.8. The first-order chi connectivity index (χ1) is 15.8. The van der Waals surface area contributed by atoms with Gasteiger partial charge in [-0.15, -0.1) is 0 Å². The molecular weight excluding hydrogens is 412 g/mol. The van der Waals surface area contributed by atoms with Crippen molar-refractivity contribution in [3.05, 3.63) is 65.2 Å². The van der Waals surface area contributed by atoms with Crippen molar-refractivity contribution in [1.29, 1.82) is 0 Å². The molecule has 1 atom stereocenters. The molecule has 0 fully saturated rings. The number of nitrogens with one attached hydrogen (secondary N) is 2. The van der Waals surface area contributed by atoms with E-state index in [2.05, 4.69) is 45.3 Å². The van der Waals surface area contributed by atoms with Crippen LogP contribution in [-0.2, 0) is 9.53 Å². The molecule has 0 saturated carbocycles. The first kappa shape index (κ1) is 26.4. The highest BCUT2D eigenvalue weighted by Crippen LogP contribution is 2.32. The van der Waals surface area contributed by atoms with Gasteiger partial charge in [-0.25, -0.2) is 4.79 Å². The number of amides is 2. The van der Waals surface area contributed by atoms with E-state index >= 15 is 0 Å². The van der Waals surface area contributed by atoms with Crippen molar-refractivity contribution in [2.75, 3.05) is 11.9 Å². The summed E-state index contributed by atoms with van der Waals surface area (Å²) in [6, 6.07) is 15.4. The minimum absolute atomic E-state index is 0.0174. The molecule has 0 radical (unpaired) electrons. The maximum Gasteiger partial charge on any atom is 0.411 e. The van der Waals surface area contributed by atoms with Crippen LogP contribution in [-0.4, -0.2) is 18.6 Å². The van der Waals surface area contributed by atoms with E-state index in [1.165, 1.54) is 0 Å². The molecule has 0 unspecified atom stereocenters. The maximum atomic E-state index is 12.8. The molecule has 5 heteroatoms. The number of ether oxygens (including phenoxy) is 1. The Morgan fingerprint density at radius 1 is 0.848 bits per heavy atom. The van der Waals surface area contributed by atoms with Gasteiger partial charge in [0.2, 0.25) is 5.91 Å². The lowest BCUT2D eigenvalue weighted by atomic mass is 9.93. The van der Waals surface area contributed by atoms with Crippen LogP contribution in [0.25, 0.3) is 0 Å². The van der Waals surface area contributed by atoms with Gasteiger partial charge in [-0.1, -0.05) is 102 Å². The number of para-hydroxylation sites is 1. The van der Waals surface area contributed by atoms with E-state index in [9.17, 15) is 9.59 Å². The fraction of sp³-hybridized carbons (Fsp3) is 0.500. The highest BCUT2D eigenvalue weighted by Gasteiger charge is 2.19. The third-order valence-corrected chi connectivity index (χ3v) is 5.78. The lowest BCUT2D eigenvalue weighted by Crippen LogP contribution is -2.32. The minimum atomic E-state index is -0.511. The molecule has 0 saturated heterocycles. The van der Waals surface area contributed by atoms with Crippen molar-refractivity contribution >= 4 is 17.7 Å². The van der Waals surface area contributed by atoms with E-state index < -0.39 is 6.09 Å². The third kappa shape index (κ3) is 8.56. The van der Waals surface area contributed by atoms with Gasteiger partial charge < -0.3 is 10.1 Å². The Kier molecular flexibility index (Phi) is 10.9. The summed E-state index contributed by atoms with van der Waals surface area (Å²) >= 11 is 0. The Hall–Kier alpha value is -2.82. The molecule has 2 aromatic rings. The summed E-state index contributed by atoms with van der Waals surface area (Å²) in [7, 11) is 0. The lowest BCUT2D eigenvalue weighted by molar-refractivity contribution is -0.122. The number of carbonyl (C=O) groups excluding carboxylic acids is 2. The van der Waals surface area contributed by atoms with Crippen LogP contribution in [0.15, 0.2) is 48.5 Å². The minimum Gasteiger partial charge on any atom is -0.447 e. The molecule has 33 heavy (non-hydrogen) atoms. The molecule has 0 aromatic heterocycles. The number of benzene rings is 2. The summed E-state index contributed by atoms with van der Waals surface area (Å²) in [4.78, 5) is 25.3. The van der Waals surface area contributed by atoms with Crippen LogP contribution in [0.2, 0.25) is 0 Å². The average molecular weight is 453 g/mol. The molecule has 0 aliphatic rings. The molecule has 180 valence electrons. The lowest BCUT2D eigenvalue weighted by Gasteiger charge is -2.22. The number of unbranched alkanes of at least 4 members (excludes halogenated alkanes) is 3. The van der Waals surface area contributed by atoms with Gasteiger partial charge in [0.1, 0.15) is 6.61 Å². The smallest absolute Gasteiger partial charge is 0.411 e. The Morgan fingerprint density at radius 3 is 2.06 bits per heavy atom. The number of hydrogen-bond donors (Lipinski definition) is 2. The van der Waals surface area contributed by atoms with Crippen LogP contribution in [0.1, 0.15) is 101 Å². The van der Waals surface area contributed by atoms with Crippen LogP contribution < -0.4 is 10.6 Å². The molecule has 2 rings (SSSR count). The van der Waals surface area contributed by atoms with Gasteiger partial charge in [0.15, 0.2) is 0 Å². The normalized spacial score (nSPS) is 12.0. The second-order valence-electron chi connectivity index (χ2n) is 9.19. The first-order valence-corrected chi connectivity index (χ1v) is 12.2. The third-order valence-electron chi connectivity index (χ3n) is 5.78. The van der Waals surface area contributed by atoms with Crippen molar-refractivity contribution in [2.45, 2.75) is 84.6 Å².